The van der Waals surface area contributed by atoms with Crippen molar-refractivity contribution < 1.29 is 13.2 Å². The maximum atomic E-state index is 12.6. The summed E-state index contributed by atoms with van der Waals surface area (Å²) in [5, 5.41) is 4.17. The van der Waals surface area contributed by atoms with Crippen LogP contribution in [0.25, 0.3) is 0 Å². The topological polar surface area (TPSA) is 87.6 Å². The van der Waals surface area contributed by atoms with Gasteiger partial charge in [-0.05, 0) is 48.0 Å². The van der Waals surface area contributed by atoms with E-state index in [1.807, 2.05) is 24.3 Å². The summed E-state index contributed by atoms with van der Waals surface area (Å²) in [5.41, 5.74) is 3.59. The molecule has 0 saturated carbocycles. The molecular weight excluding hydrogens is 478 g/mol. The van der Waals surface area contributed by atoms with Crippen LogP contribution in [0.2, 0.25) is 5.02 Å². The Labute approximate surface area is 181 Å². The maximum absolute atomic E-state index is 12.6. The van der Waals surface area contributed by atoms with Crippen molar-refractivity contribution in [2.45, 2.75) is 4.90 Å². The number of anilines is 1. The number of hydrogen-bond acceptors (Lipinski definition) is 4. The number of carbonyl (C=O) groups excluding carboxylic acids is 1. The molecule has 0 bridgehead atoms. The molecule has 6 nitrogen and oxygen atoms in total. The number of para-hydroxylation sites is 1. The van der Waals surface area contributed by atoms with Crippen molar-refractivity contribution in [3.63, 3.8) is 0 Å². The molecule has 3 rings (SSSR count). The number of hydrogen-bond donors (Lipinski definition) is 2. The highest BCUT2D eigenvalue weighted by atomic mass is 79.9. The smallest absolute Gasteiger partial charge is 0.271 e. The first-order valence-corrected chi connectivity index (χ1v) is 11.0. The monoisotopic (exact) mass is 491 g/mol. The molecule has 148 valence electrons. The summed E-state index contributed by atoms with van der Waals surface area (Å²) in [6, 6.07) is 19.5. The third-order valence-electron chi connectivity index (χ3n) is 3.77. The summed E-state index contributed by atoms with van der Waals surface area (Å²) < 4.78 is 28.6. The standard InChI is InChI=1S/C20H15BrClN3O3S/c21-16-10-8-14(9-11-16)13-23-24-20(26)15-4-3-5-17(12-15)29(27,28)25-19-7-2-1-6-18(19)22/h1-13,25H,(H,24,26). The third kappa shape index (κ3) is 5.66. The second kappa shape index (κ2) is 9.21. The van der Waals surface area contributed by atoms with Crippen LogP contribution in [0.3, 0.4) is 0 Å². The van der Waals surface area contributed by atoms with Crippen molar-refractivity contribution in [2.24, 2.45) is 5.10 Å². The minimum absolute atomic E-state index is 0.0676. The fourth-order valence-corrected chi connectivity index (χ4v) is 3.96. The Morgan fingerprint density at radius 2 is 1.72 bits per heavy atom. The lowest BCUT2D eigenvalue weighted by Gasteiger charge is -2.10. The van der Waals surface area contributed by atoms with E-state index in [1.54, 1.807) is 24.3 Å². The van der Waals surface area contributed by atoms with Gasteiger partial charge in [-0.3, -0.25) is 9.52 Å². The number of nitrogens with one attached hydrogen (secondary N) is 2. The van der Waals surface area contributed by atoms with E-state index in [1.165, 1.54) is 30.5 Å². The van der Waals surface area contributed by atoms with Crippen LogP contribution >= 0.6 is 27.5 Å². The predicted octanol–water partition coefficient (Wildman–Crippen LogP) is 4.67. The van der Waals surface area contributed by atoms with E-state index in [4.69, 9.17) is 11.6 Å². The van der Waals surface area contributed by atoms with Gasteiger partial charge in [0.1, 0.15) is 0 Å². The Morgan fingerprint density at radius 3 is 2.45 bits per heavy atom. The maximum Gasteiger partial charge on any atom is 0.271 e. The number of carbonyl (C=O) groups is 1. The molecule has 3 aromatic rings. The Balaban J connectivity index is 1.73. The normalized spacial score (nSPS) is 11.4. The lowest BCUT2D eigenvalue weighted by Crippen LogP contribution is -2.19. The van der Waals surface area contributed by atoms with Crippen molar-refractivity contribution >= 4 is 55.4 Å². The molecule has 0 spiro atoms. The molecule has 9 heteroatoms. The molecular formula is C20H15BrClN3O3S. The van der Waals surface area contributed by atoms with Gasteiger partial charge in [-0.2, -0.15) is 5.10 Å². The SMILES string of the molecule is O=C(NN=Cc1ccc(Br)cc1)c1cccc(S(=O)(=O)Nc2ccccc2Cl)c1. The second-order valence-electron chi connectivity index (χ2n) is 5.86. The van der Waals surface area contributed by atoms with Gasteiger partial charge in [-0.15, -0.1) is 0 Å². The Kier molecular flexibility index (Phi) is 6.68. The van der Waals surface area contributed by atoms with E-state index in [9.17, 15) is 13.2 Å². The highest BCUT2D eigenvalue weighted by Crippen LogP contribution is 2.24. The average Bonchev–Trinajstić information content (AvgIpc) is 2.71. The number of halogens is 2. The molecule has 0 aliphatic heterocycles. The molecule has 3 aromatic carbocycles. The average molecular weight is 493 g/mol. The van der Waals surface area contributed by atoms with Gasteiger partial charge in [0.05, 0.1) is 21.8 Å². The van der Waals surface area contributed by atoms with Crippen LogP contribution in [-0.4, -0.2) is 20.5 Å². The number of amides is 1. The van der Waals surface area contributed by atoms with Crippen LogP contribution < -0.4 is 10.1 Å². The van der Waals surface area contributed by atoms with E-state index in [0.717, 1.165) is 10.0 Å². The summed E-state index contributed by atoms with van der Waals surface area (Å²) >= 11 is 9.35. The van der Waals surface area contributed by atoms with Gasteiger partial charge in [0, 0.05) is 10.0 Å². The minimum Gasteiger partial charge on any atom is -0.278 e. The van der Waals surface area contributed by atoms with Gasteiger partial charge in [-0.25, -0.2) is 13.8 Å². The van der Waals surface area contributed by atoms with Crippen molar-refractivity contribution in [1.29, 1.82) is 0 Å². The first kappa shape index (κ1) is 21.0. The van der Waals surface area contributed by atoms with E-state index < -0.39 is 15.9 Å². The highest BCUT2D eigenvalue weighted by molar-refractivity contribution is 9.10. The van der Waals surface area contributed by atoms with Crippen molar-refractivity contribution in [2.75, 3.05) is 4.72 Å². The lowest BCUT2D eigenvalue weighted by molar-refractivity contribution is 0.0955. The van der Waals surface area contributed by atoms with Crippen molar-refractivity contribution in [3.05, 3.63) is 93.4 Å². The summed E-state index contributed by atoms with van der Waals surface area (Å²) in [4.78, 5) is 12.2. The van der Waals surface area contributed by atoms with E-state index >= 15 is 0 Å². The number of sulfonamides is 1. The molecule has 0 unspecified atom stereocenters. The van der Waals surface area contributed by atoms with Crippen LogP contribution in [0.5, 0.6) is 0 Å². The van der Waals surface area contributed by atoms with Crippen molar-refractivity contribution in [3.8, 4) is 0 Å². The fourth-order valence-electron chi connectivity index (χ4n) is 2.33. The molecule has 2 N–H and O–H groups in total. The fraction of sp³-hybridized carbons (Fsp3) is 0. The van der Waals surface area contributed by atoms with Gasteiger partial charge < -0.3 is 0 Å². The summed E-state index contributed by atoms with van der Waals surface area (Å²) in [6.45, 7) is 0. The van der Waals surface area contributed by atoms with Crippen LogP contribution in [-0.2, 0) is 10.0 Å². The predicted molar refractivity (Wildman–Crippen MR) is 118 cm³/mol. The highest BCUT2D eigenvalue weighted by Gasteiger charge is 2.17. The van der Waals surface area contributed by atoms with Gasteiger partial charge in [-0.1, -0.05) is 57.9 Å². The van der Waals surface area contributed by atoms with Crippen LogP contribution in [0.15, 0.2) is 87.3 Å². The summed E-state index contributed by atoms with van der Waals surface area (Å²) in [7, 11) is -3.92. The van der Waals surface area contributed by atoms with Crippen LogP contribution in [0.4, 0.5) is 5.69 Å². The number of hydrazone groups is 1. The first-order chi connectivity index (χ1) is 13.8. The van der Waals surface area contributed by atoms with E-state index in [0.29, 0.717) is 0 Å². The van der Waals surface area contributed by atoms with Gasteiger partial charge in [0.25, 0.3) is 15.9 Å². The number of nitrogens with zero attached hydrogens (tertiary/aromatic N) is 1. The van der Waals surface area contributed by atoms with Crippen LogP contribution in [0.1, 0.15) is 15.9 Å². The zero-order valence-electron chi connectivity index (χ0n) is 14.8. The third-order valence-corrected chi connectivity index (χ3v) is 6.00. The zero-order chi connectivity index (χ0) is 20.9. The van der Waals surface area contributed by atoms with Gasteiger partial charge in [0.2, 0.25) is 0 Å². The molecule has 0 saturated heterocycles. The molecule has 0 aromatic heterocycles. The molecule has 29 heavy (non-hydrogen) atoms. The quantitative estimate of drug-likeness (QED) is 0.387. The largest absolute Gasteiger partial charge is 0.278 e. The summed E-state index contributed by atoms with van der Waals surface area (Å²) in [6.07, 6.45) is 1.49. The molecule has 0 radical (unpaired) electrons. The Morgan fingerprint density at radius 1 is 1.00 bits per heavy atom. The Bertz CT molecular complexity index is 1170. The van der Waals surface area contributed by atoms with Gasteiger partial charge >= 0.3 is 0 Å². The molecule has 0 aliphatic rings. The second-order valence-corrected chi connectivity index (χ2v) is 8.87. The lowest BCUT2D eigenvalue weighted by atomic mass is 10.2. The number of benzene rings is 3. The Hall–Kier alpha value is -2.68. The van der Waals surface area contributed by atoms with E-state index in [-0.39, 0.29) is 21.2 Å². The molecule has 1 amide bonds. The molecule has 0 aliphatic carbocycles. The van der Waals surface area contributed by atoms with Crippen molar-refractivity contribution in [1.82, 2.24) is 5.43 Å². The molecule has 0 fully saturated rings. The van der Waals surface area contributed by atoms with Crippen LogP contribution in [0, 0.1) is 0 Å². The molecule has 0 atom stereocenters. The van der Waals surface area contributed by atoms with Gasteiger partial charge in [0.15, 0.2) is 0 Å². The van der Waals surface area contributed by atoms with E-state index in [2.05, 4.69) is 31.2 Å². The number of rotatable bonds is 6. The molecule has 0 heterocycles. The first-order valence-electron chi connectivity index (χ1n) is 8.31. The minimum atomic E-state index is -3.92. The summed E-state index contributed by atoms with van der Waals surface area (Å²) in [5.74, 6) is -0.534. The zero-order valence-corrected chi connectivity index (χ0v) is 18.0.